The molecule has 2 amide bonds. The monoisotopic (exact) mass is 510 g/mol. The first-order valence-electron chi connectivity index (χ1n) is 13.3. The van der Waals surface area contributed by atoms with Crippen LogP contribution >= 0.6 is 0 Å². The van der Waals surface area contributed by atoms with Crippen LogP contribution in [0.25, 0.3) is 0 Å². The van der Waals surface area contributed by atoms with Gasteiger partial charge in [-0.1, -0.05) is 19.9 Å². The zero-order valence-electron chi connectivity index (χ0n) is 21.5. The van der Waals surface area contributed by atoms with Gasteiger partial charge < -0.3 is 16.4 Å². The van der Waals surface area contributed by atoms with E-state index in [2.05, 4.69) is 29.5 Å². The Morgan fingerprint density at radius 3 is 2.51 bits per heavy atom. The third-order valence-electron chi connectivity index (χ3n) is 9.10. The highest BCUT2D eigenvalue weighted by Gasteiger charge is 2.53. The van der Waals surface area contributed by atoms with Gasteiger partial charge in [0.2, 0.25) is 11.8 Å². The summed E-state index contributed by atoms with van der Waals surface area (Å²) in [6.45, 7) is 4.57. The molecule has 5 rings (SSSR count). The van der Waals surface area contributed by atoms with Crippen LogP contribution in [0.4, 0.5) is 14.5 Å². The van der Waals surface area contributed by atoms with E-state index in [4.69, 9.17) is 5.73 Å². The summed E-state index contributed by atoms with van der Waals surface area (Å²) in [4.78, 5) is 30.5. The van der Waals surface area contributed by atoms with Crippen LogP contribution in [0.15, 0.2) is 42.7 Å². The summed E-state index contributed by atoms with van der Waals surface area (Å²) in [5, 5.41) is 6.05. The Morgan fingerprint density at radius 1 is 1.11 bits per heavy atom. The number of carbonyl (C=O) groups excluding carboxylic acids is 2. The number of amides is 2. The lowest BCUT2D eigenvalue weighted by molar-refractivity contribution is -0.131. The van der Waals surface area contributed by atoms with Gasteiger partial charge in [-0.15, -0.1) is 0 Å². The molecule has 8 heteroatoms. The normalized spacial score (nSPS) is 30.7. The Morgan fingerprint density at radius 2 is 1.84 bits per heavy atom. The molecular formula is C29H36F2N4O2. The van der Waals surface area contributed by atoms with Crippen LogP contribution in [0.2, 0.25) is 0 Å². The maximum atomic E-state index is 14.4. The average Bonchev–Trinajstić information content (AvgIpc) is 3.64. The number of anilines is 1. The summed E-state index contributed by atoms with van der Waals surface area (Å²) >= 11 is 0. The molecule has 6 nitrogen and oxygen atoms in total. The lowest BCUT2D eigenvalue weighted by Crippen LogP contribution is -2.54. The second-order valence-corrected chi connectivity index (χ2v) is 11.9. The fraction of sp³-hybridized carbons (Fsp3) is 0.552. The first-order valence-corrected chi connectivity index (χ1v) is 13.3. The first-order chi connectivity index (χ1) is 17.6. The van der Waals surface area contributed by atoms with E-state index < -0.39 is 22.5 Å². The standard InChI is InChI=1S/C29H36F2N4O2/c1-17-11-18-12-19(15-28(2,14-18)26(36)35-21-5-9-33-10-6-21)25(17)24(32)16-34-27(37)29(7-8-29)22-4-3-20(30)13-23(22)31/h3-6,9-10,13,17-19,24-25H,7-8,11-12,14-16,32H2,1-2H3,(H,34,37)(H,33,35,36). The van der Waals surface area contributed by atoms with E-state index in [-0.39, 0.29) is 35.3 Å². The van der Waals surface area contributed by atoms with Gasteiger partial charge in [0.05, 0.1) is 5.41 Å². The Bertz CT molecular complexity index is 1170. The van der Waals surface area contributed by atoms with Gasteiger partial charge in [0, 0.05) is 47.7 Å². The van der Waals surface area contributed by atoms with Crippen molar-refractivity contribution < 1.29 is 18.4 Å². The number of carbonyl (C=O) groups is 2. The van der Waals surface area contributed by atoms with Crippen LogP contribution in [0.3, 0.4) is 0 Å². The SMILES string of the molecule is CC1CC2CC(CC(C)(C(=O)Nc3ccncc3)C2)C1C(N)CNC(=O)C1(c2ccc(F)cc2F)CC1. The molecule has 198 valence electrons. The Hall–Kier alpha value is -2.87. The van der Waals surface area contributed by atoms with E-state index in [1.807, 2.05) is 0 Å². The van der Waals surface area contributed by atoms with Gasteiger partial charge in [-0.25, -0.2) is 8.78 Å². The zero-order chi connectivity index (χ0) is 26.4. The number of benzene rings is 1. The number of fused-ring (bicyclic) bond motifs is 2. The Balaban J connectivity index is 1.24. The van der Waals surface area contributed by atoms with Crippen molar-refractivity contribution in [3.8, 4) is 0 Å². The largest absolute Gasteiger partial charge is 0.354 e. The number of aromatic nitrogens is 1. The van der Waals surface area contributed by atoms with Gasteiger partial charge >= 0.3 is 0 Å². The molecule has 6 atom stereocenters. The molecule has 6 unspecified atom stereocenters. The van der Waals surface area contributed by atoms with Crippen molar-refractivity contribution in [3.05, 3.63) is 59.9 Å². The van der Waals surface area contributed by atoms with Gasteiger partial charge in [-0.05, 0) is 80.4 Å². The molecule has 1 aromatic carbocycles. The number of pyridine rings is 1. The maximum absolute atomic E-state index is 14.4. The van der Waals surface area contributed by atoms with Crippen molar-refractivity contribution in [1.82, 2.24) is 10.3 Å². The van der Waals surface area contributed by atoms with Gasteiger partial charge in [0.1, 0.15) is 11.6 Å². The van der Waals surface area contributed by atoms with E-state index in [0.29, 0.717) is 31.2 Å². The third-order valence-corrected chi connectivity index (χ3v) is 9.10. The van der Waals surface area contributed by atoms with E-state index in [1.165, 1.54) is 12.1 Å². The summed E-state index contributed by atoms with van der Waals surface area (Å²) in [7, 11) is 0. The van der Waals surface area contributed by atoms with E-state index in [0.717, 1.165) is 37.4 Å². The number of rotatable bonds is 7. The van der Waals surface area contributed by atoms with Crippen molar-refractivity contribution in [3.63, 3.8) is 0 Å². The number of hydrogen-bond acceptors (Lipinski definition) is 4. The smallest absolute Gasteiger partial charge is 0.230 e. The molecule has 1 aromatic heterocycles. The van der Waals surface area contributed by atoms with Crippen LogP contribution in [0.5, 0.6) is 0 Å². The minimum absolute atomic E-state index is 0.0283. The molecule has 3 saturated carbocycles. The molecule has 4 N–H and O–H groups in total. The van der Waals surface area contributed by atoms with Gasteiger partial charge in [0.15, 0.2) is 0 Å². The molecule has 3 aliphatic rings. The van der Waals surface area contributed by atoms with E-state index in [1.54, 1.807) is 24.5 Å². The van der Waals surface area contributed by atoms with Crippen LogP contribution in [-0.4, -0.2) is 29.4 Å². The van der Waals surface area contributed by atoms with Crippen LogP contribution in [-0.2, 0) is 15.0 Å². The molecule has 0 aliphatic heterocycles. The second-order valence-electron chi connectivity index (χ2n) is 11.9. The van der Waals surface area contributed by atoms with Crippen molar-refractivity contribution in [2.45, 2.75) is 63.8 Å². The Kier molecular flexibility index (Phi) is 6.81. The molecule has 37 heavy (non-hydrogen) atoms. The summed E-state index contributed by atoms with van der Waals surface area (Å²) in [5.74, 6) is -0.257. The number of nitrogens with zero attached hydrogens (tertiary/aromatic N) is 1. The van der Waals surface area contributed by atoms with Gasteiger partial charge in [-0.3, -0.25) is 14.6 Å². The Labute approximate surface area is 216 Å². The number of halogens is 2. The highest BCUT2D eigenvalue weighted by molar-refractivity contribution is 5.95. The lowest BCUT2D eigenvalue weighted by atomic mass is 9.54. The van der Waals surface area contributed by atoms with Crippen LogP contribution < -0.4 is 16.4 Å². The maximum Gasteiger partial charge on any atom is 0.230 e. The zero-order valence-corrected chi connectivity index (χ0v) is 21.5. The summed E-state index contributed by atoms with van der Waals surface area (Å²) < 4.78 is 27.8. The number of nitrogens with two attached hydrogens (primary N) is 1. The highest BCUT2D eigenvalue weighted by Crippen LogP contribution is 2.54. The molecule has 1 heterocycles. The van der Waals surface area contributed by atoms with E-state index in [9.17, 15) is 18.4 Å². The van der Waals surface area contributed by atoms with Crippen molar-refractivity contribution >= 4 is 17.5 Å². The first kappa shape index (κ1) is 25.8. The molecular weight excluding hydrogens is 474 g/mol. The molecule has 0 spiro atoms. The minimum atomic E-state index is -0.935. The number of nitrogens with one attached hydrogen (secondary N) is 2. The van der Waals surface area contributed by atoms with Crippen molar-refractivity contribution in [2.24, 2.45) is 34.8 Å². The molecule has 0 saturated heterocycles. The minimum Gasteiger partial charge on any atom is -0.354 e. The summed E-state index contributed by atoms with van der Waals surface area (Å²) in [5.41, 5.74) is 6.28. The molecule has 2 bridgehead atoms. The van der Waals surface area contributed by atoms with Gasteiger partial charge in [-0.2, -0.15) is 0 Å². The molecule has 0 radical (unpaired) electrons. The average molecular weight is 511 g/mol. The van der Waals surface area contributed by atoms with Crippen molar-refractivity contribution in [2.75, 3.05) is 11.9 Å². The lowest BCUT2D eigenvalue weighted by Gasteiger charge is -2.51. The predicted molar refractivity (Wildman–Crippen MR) is 137 cm³/mol. The topological polar surface area (TPSA) is 97.1 Å². The number of hydrogen-bond donors (Lipinski definition) is 3. The molecule has 2 aromatic rings. The molecule has 3 aliphatic carbocycles. The van der Waals surface area contributed by atoms with Crippen molar-refractivity contribution in [1.29, 1.82) is 0 Å². The summed E-state index contributed by atoms with van der Waals surface area (Å²) in [6.07, 6.45) is 8.04. The molecule has 3 fully saturated rings. The summed E-state index contributed by atoms with van der Waals surface area (Å²) in [6, 6.07) is 6.71. The van der Waals surface area contributed by atoms with Crippen LogP contribution in [0.1, 0.15) is 57.9 Å². The highest BCUT2D eigenvalue weighted by atomic mass is 19.1. The second kappa shape index (κ2) is 9.78. The van der Waals surface area contributed by atoms with E-state index >= 15 is 0 Å². The fourth-order valence-electron chi connectivity index (χ4n) is 7.33. The van der Waals surface area contributed by atoms with Crippen LogP contribution in [0, 0.1) is 40.7 Å². The fourth-order valence-corrected chi connectivity index (χ4v) is 7.33. The predicted octanol–water partition coefficient (Wildman–Crippen LogP) is 4.55. The van der Waals surface area contributed by atoms with Gasteiger partial charge in [0.25, 0.3) is 0 Å². The third kappa shape index (κ3) is 5.00. The quantitative estimate of drug-likeness (QED) is 0.509.